The van der Waals surface area contributed by atoms with Crippen LogP contribution in [0.2, 0.25) is 0 Å². The summed E-state index contributed by atoms with van der Waals surface area (Å²) >= 11 is 0. The SMILES string of the molecule is COc1ccc(CCNC(N)=NCc2c(C)cc(C)cc2C)cc1OC.I. The standard InChI is InChI=1S/C21H29N3O2.HI/c1-14-10-15(2)18(16(3)11-14)13-24-21(22)23-9-8-17-6-7-19(25-4)20(12-17)26-5;/h6-7,10-12H,8-9,13H2,1-5H3,(H3,22,23,24);1H. The predicted molar refractivity (Wildman–Crippen MR) is 123 cm³/mol. The lowest BCUT2D eigenvalue weighted by molar-refractivity contribution is 0.354. The van der Waals surface area contributed by atoms with E-state index in [4.69, 9.17) is 15.2 Å². The summed E-state index contributed by atoms with van der Waals surface area (Å²) in [5.41, 5.74) is 12.2. The first-order valence-corrected chi connectivity index (χ1v) is 8.76. The Morgan fingerprint density at radius 2 is 1.63 bits per heavy atom. The van der Waals surface area contributed by atoms with Crippen LogP contribution in [-0.4, -0.2) is 26.7 Å². The van der Waals surface area contributed by atoms with Crippen molar-refractivity contribution < 1.29 is 9.47 Å². The minimum atomic E-state index is 0. The van der Waals surface area contributed by atoms with Gasteiger partial charge in [0.1, 0.15) is 0 Å². The van der Waals surface area contributed by atoms with Crippen LogP contribution in [0.15, 0.2) is 35.3 Å². The highest BCUT2D eigenvalue weighted by molar-refractivity contribution is 14.0. The number of nitrogens with two attached hydrogens (primary N) is 1. The Bertz CT molecular complexity index is 768. The van der Waals surface area contributed by atoms with E-state index in [1.807, 2.05) is 18.2 Å². The summed E-state index contributed by atoms with van der Waals surface area (Å²) in [4.78, 5) is 4.48. The van der Waals surface area contributed by atoms with Crippen LogP contribution < -0.4 is 20.5 Å². The highest BCUT2D eigenvalue weighted by Gasteiger charge is 2.05. The van der Waals surface area contributed by atoms with Crippen LogP contribution in [0.25, 0.3) is 0 Å². The number of aryl methyl sites for hydroxylation is 3. The van der Waals surface area contributed by atoms with E-state index in [0.29, 0.717) is 19.0 Å². The number of aliphatic imine (C=N–C) groups is 1. The molecular weight excluding hydrogens is 453 g/mol. The lowest BCUT2D eigenvalue weighted by Crippen LogP contribution is -2.33. The van der Waals surface area contributed by atoms with Gasteiger partial charge in [0, 0.05) is 6.54 Å². The number of halogens is 1. The van der Waals surface area contributed by atoms with Gasteiger partial charge in [0.05, 0.1) is 20.8 Å². The molecule has 3 N–H and O–H groups in total. The third-order valence-corrected chi connectivity index (χ3v) is 4.42. The molecule has 148 valence electrons. The number of nitrogens with one attached hydrogen (secondary N) is 1. The molecule has 27 heavy (non-hydrogen) atoms. The molecule has 0 aromatic heterocycles. The second-order valence-electron chi connectivity index (χ2n) is 6.44. The van der Waals surface area contributed by atoms with E-state index >= 15 is 0 Å². The van der Waals surface area contributed by atoms with Crippen molar-refractivity contribution in [1.29, 1.82) is 0 Å². The number of guanidine groups is 1. The largest absolute Gasteiger partial charge is 0.493 e. The average Bonchev–Trinajstić information content (AvgIpc) is 2.60. The summed E-state index contributed by atoms with van der Waals surface area (Å²) in [6.07, 6.45) is 0.819. The Labute approximate surface area is 179 Å². The van der Waals surface area contributed by atoms with Crippen molar-refractivity contribution in [1.82, 2.24) is 5.32 Å². The Balaban J connectivity index is 0.00000364. The van der Waals surface area contributed by atoms with Crippen molar-refractivity contribution in [2.24, 2.45) is 10.7 Å². The summed E-state index contributed by atoms with van der Waals surface area (Å²) < 4.78 is 10.6. The minimum Gasteiger partial charge on any atom is -0.493 e. The third-order valence-electron chi connectivity index (χ3n) is 4.42. The number of hydrogen-bond donors (Lipinski definition) is 2. The number of benzene rings is 2. The predicted octanol–water partition coefficient (Wildman–Crippen LogP) is 3.89. The molecule has 0 aliphatic rings. The van der Waals surface area contributed by atoms with E-state index in [9.17, 15) is 0 Å². The van der Waals surface area contributed by atoms with Gasteiger partial charge in [-0.05, 0) is 61.6 Å². The number of methoxy groups -OCH3 is 2. The van der Waals surface area contributed by atoms with Crippen molar-refractivity contribution in [3.8, 4) is 11.5 Å². The highest BCUT2D eigenvalue weighted by atomic mass is 127. The molecule has 0 saturated heterocycles. The maximum Gasteiger partial charge on any atom is 0.188 e. The zero-order valence-electron chi connectivity index (χ0n) is 16.8. The van der Waals surface area contributed by atoms with Gasteiger partial charge in [-0.15, -0.1) is 24.0 Å². The van der Waals surface area contributed by atoms with Gasteiger partial charge in [0.25, 0.3) is 0 Å². The van der Waals surface area contributed by atoms with Crippen molar-refractivity contribution >= 4 is 29.9 Å². The van der Waals surface area contributed by atoms with Crippen molar-refractivity contribution in [3.05, 3.63) is 58.1 Å². The molecule has 2 aromatic carbocycles. The fraction of sp³-hybridized carbons (Fsp3) is 0.381. The second-order valence-corrected chi connectivity index (χ2v) is 6.44. The van der Waals surface area contributed by atoms with Crippen LogP contribution in [0, 0.1) is 20.8 Å². The second kappa shape index (κ2) is 11.0. The first-order chi connectivity index (χ1) is 12.4. The molecule has 0 atom stereocenters. The van der Waals surface area contributed by atoms with Gasteiger partial charge in [-0.1, -0.05) is 23.8 Å². The molecular formula is C21H30IN3O2. The molecule has 0 aliphatic carbocycles. The smallest absolute Gasteiger partial charge is 0.188 e. The Hall–Kier alpha value is -1.96. The van der Waals surface area contributed by atoms with E-state index in [-0.39, 0.29) is 24.0 Å². The lowest BCUT2D eigenvalue weighted by Gasteiger charge is -2.11. The van der Waals surface area contributed by atoms with Gasteiger partial charge in [-0.25, -0.2) is 4.99 Å². The molecule has 0 aliphatic heterocycles. The van der Waals surface area contributed by atoms with Crippen LogP contribution in [0.5, 0.6) is 11.5 Å². The maximum atomic E-state index is 6.01. The molecule has 6 heteroatoms. The zero-order chi connectivity index (χ0) is 19.1. The topological polar surface area (TPSA) is 68.9 Å². The van der Waals surface area contributed by atoms with Crippen LogP contribution in [0.3, 0.4) is 0 Å². The molecule has 0 heterocycles. The average molecular weight is 483 g/mol. The van der Waals surface area contributed by atoms with E-state index in [1.54, 1.807) is 14.2 Å². The first kappa shape index (κ1) is 23.1. The monoisotopic (exact) mass is 483 g/mol. The molecule has 0 saturated carbocycles. The van der Waals surface area contributed by atoms with Gasteiger partial charge in [-0.2, -0.15) is 0 Å². The molecule has 0 spiro atoms. The Kier molecular flexibility index (Phi) is 9.41. The molecule has 0 radical (unpaired) electrons. The van der Waals surface area contributed by atoms with Crippen LogP contribution >= 0.6 is 24.0 Å². The summed E-state index contributed by atoms with van der Waals surface area (Å²) in [6, 6.07) is 10.3. The number of ether oxygens (including phenoxy) is 2. The van der Waals surface area contributed by atoms with Gasteiger partial charge in [0.2, 0.25) is 0 Å². The molecule has 5 nitrogen and oxygen atoms in total. The van der Waals surface area contributed by atoms with Gasteiger partial charge in [0.15, 0.2) is 17.5 Å². The molecule has 0 unspecified atom stereocenters. The first-order valence-electron chi connectivity index (χ1n) is 8.76. The molecule has 0 bridgehead atoms. The normalized spacial score (nSPS) is 10.9. The number of hydrogen-bond acceptors (Lipinski definition) is 3. The van der Waals surface area contributed by atoms with Crippen molar-refractivity contribution in [3.63, 3.8) is 0 Å². The van der Waals surface area contributed by atoms with Crippen molar-refractivity contribution in [2.45, 2.75) is 33.7 Å². The van der Waals surface area contributed by atoms with Crippen molar-refractivity contribution in [2.75, 3.05) is 20.8 Å². The highest BCUT2D eigenvalue weighted by Crippen LogP contribution is 2.27. The fourth-order valence-electron chi connectivity index (χ4n) is 3.05. The minimum absolute atomic E-state index is 0. The summed E-state index contributed by atoms with van der Waals surface area (Å²) in [5, 5.41) is 3.17. The van der Waals surface area contributed by atoms with Gasteiger partial charge < -0.3 is 20.5 Å². The van der Waals surface area contributed by atoms with E-state index in [1.165, 1.54) is 22.3 Å². The number of nitrogens with zero attached hydrogens (tertiary/aromatic N) is 1. The van der Waals surface area contributed by atoms with Crippen LogP contribution in [0.4, 0.5) is 0 Å². The van der Waals surface area contributed by atoms with E-state index < -0.39 is 0 Å². The number of rotatable bonds is 7. The molecule has 2 rings (SSSR count). The van der Waals surface area contributed by atoms with Gasteiger partial charge in [-0.3, -0.25) is 0 Å². The molecule has 2 aromatic rings. The molecule has 0 amide bonds. The fourth-order valence-corrected chi connectivity index (χ4v) is 3.05. The summed E-state index contributed by atoms with van der Waals surface area (Å²) in [5.74, 6) is 1.93. The zero-order valence-corrected chi connectivity index (χ0v) is 19.1. The van der Waals surface area contributed by atoms with Crippen LogP contribution in [0.1, 0.15) is 27.8 Å². The summed E-state index contributed by atoms with van der Waals surface area (Å²) in [7, 11) is 3.27. The maximum absolute atomic E-state index is 6.01. The summed E-state index contributed by atoms with van der Waals surface area (Å²) in [6.45, 7) is 7.64. The molecule has 0 fully saturated rings. The Morgan fingerprint density at radius 3 is 2.22 bits per heavy atom. The third kappa shape index (κ3) is 6.61. The quantitative estimate of drug-likeness (QED) is 0.356. The van der Waals surface area contributed by atoms with E-state index in [0.717, 1.165) is 23.5 Å². The van der Waals surface area contributed by atoms with Crippen LogP contribution in [-0.2, 0) is 13.0 Å². The Morgan fingerprint density at radius 1 is 1.00 bits per heavy atom. The van der Waals surface area contributed by atoms with Gasteiger partial charge >= 0.3 is 0 Å². The lowest BCUT2D eigenvalue weighted by atomic mass is 10.00. The van der Waals surface area contributed by atoms with E-state index in [2.05, 4.69) is 43.2 Å².